The number of amides is 1. The van der Waals surface area contributed by atoms with Gasteiger partial charge in [0.25, 0.3) is 5.91 Å². The number of nitrogens with zero attached hydrogens (tertiary/aromatic N) is 1. The first-order chi connectivity index (χ1) is 12.0. The molecular formula is C20H30N2O3. The van der Waals surface area contributed by atoms with Crippen molar-refractivity contribution in [2.45, 2.75) is 46.1 Å². The fourth-order valence-electron chi connectivity index (χ4n) is 3.39. The summed E-state index contributed by atoms with van der Waals surface area (Å²) in [6, 6.07) is 7.45. The molecule has 25 heavy (non-hydrogen) atoms. The van der Waals surface area contributed by atoms with Crippen LogP contribution in [0.1, 0.15) is 45.6 Å². The third-order valence-corrected chi connectivity index (χ3v) is 4.91. The SMILES string of the molecule is COc1ccc(C=NNC(=O)CO[C@H]2C[C@H](C)CC[C@H]2C(C)C)cc1. The van der Waals surface area contributed by atoms with Gasteiger partial charge in [-0.1, -0.05) is 27.2 Å². The van der Waals surface area contributed by atoms with Crippen molar-refractivity contribution in [2.24, 2.45) is 22.9 Å². The molecule has 5 nitrogen and oxygen atoms in total. The van der Waals surface area contributed by atoms with Gasteiger partial charge >= 0.3 is 0 Å². The molecule has 0 heterocycles. The van der Waals surface area contributed by atoms with Crippen LogP contribution in [0.3, 0.4) is 0 Å². The molecule has 1 N–H and O–H groups in total. The van der Waals surface area contributed by atoms with Gasteiger partial charge in [0.05, 0.1) is 19.4 Å². The van der Waals surface area contributed by atoms with Gasteiger partial charge < -0.3 is 9.47 Å². The number of hydrazone groups is 1. The topological polar surface area (TPSA) is 59.9 Å². The molecule has 1 aromatic carbocycles. The third kappa shape index (κ3) is 6.16. The summed E-state index contributed by atoms with van der Waals surface area (Å²) < 4.78 is 11.0. The Morgan fingerprint density at radius 1 is 1.32 bits per heavy atom. The molecule has 1 aliphatic rings. The van der Waals surface area contributed by atoms with Crippen molar-refractivity contribution in [3.05, 3.63) is 29.8 Å². The average Bonchev–Trinajstić information content (AvgIpc) is 2.60. The number of ether oxygens (including phenoxy) is 2. The van der Waals surface area contributed by atoms with Crippen molar-refractivity contribution in [2.75, 3.05) is 13.7 Å². The van der Waals surface area contributed by atoms with Gasteiger partial charge in [-0.15, -0.1) is 0 Å². The predicted octanol–water partition coefficient (Wildman–Crippen LogP) is 3.62. The zero-order chi connectivity index (χ0) is 18.2. The molecule has 1 fully saturated rings. The first kappa shape index (κ1) is 19.4. The Balaban J connectivity index is 1.78. The fourth-order valence-corrected chi connectivity index (χ4v) is 3.39. The zero-order valence-electron chi connectivity index (χ0n) is 15.7. The highest BCUT2D eigenvalue weighted by Crippen LogP contribution is 2.35. The summed E-state index contributed by atoms with van der Waals surface area (Å²) in [5, 5.41) is 3.98. The van der Waals surface area contributed by atoms with E-state index in [0.717, 1.165) is 17.7 Å². The highest BCUT2D eigenvalue weighted by Gasteiger charge is 2.31. The molecule has 2 rings (SSSR count). The molecule has 0 radical (unpaired) electrons. The van der Waals surface area contributed by atoms with Crippen molar-refractivity contribution < 1.29 is 14.3 Å². The van der Waals surface area contributed by atoms with E-state index in [-0.39, 0.29) is 18.6 Å². The van der Waals surface area contributed by atoms with Crippen molar-refractivity contribution in [1.82, 2.24) is 5.43 Å². The van der Waals surface area contributed by atoms with Crippen molar-refractivity contribution in [3.8, 4) is 5.75 Å². The lowest BCUT2D eigenvalue weighted by atomic mass is 9.75. The molecule has 0 unspecified atom stereocenters. The molecule has 1 amide bonds. The smallest absolute Gasteiger partial charge is 0.266 e. The van der Waals surface area contributed by atoms with Gasteiger partial charge in [-0.25, -0.2) is 5.43 Å². The Labute approximate surface area is 150 Å². The fraction of sp³-hybridized carbons (Fsp3) is 0.600. The highest BCUT2D eigenvalue weighted by atomic mass is 16.5. The Morgan fingerprint density at radius 3 is 2.68 bits per heavy atom. The van der Waals surface area contributed by atoms with E-state index < -0.39 is 0 Å². The number of methoxy groups -OCH3 is 1. The molecular weight excluding hydrogens is 316 g/mol. The van der Waals surface area contributed by atoms with Crippen LogP contribution in [0, 0.1) is 17.8 Å². The van der Waals surface area contributed by atoms with E-state index in [2.05, 4.69) is 31.3 Å². The molecule has 1 saturated carbocycles. The number of benzene rings is 1. The normalized spacial score (nSPS) is 23.8. The Kier molecular flexibility index (Phi) is 7.44. The summed E-state index contributed by atoms with van der Waals surface area (Å²) >= 11 is 0. The van der Waals surface area contributed by atoms with E-state index in [1.807, 2.05) is 24.3 Å². The van der Waals surface area contributed by atoms with Gasteiger partial charge in [-0.3, -0.25) is 4.79 Å². The number of nitrogens with one attached hydrogen (secondary N) is 1. The molecule has 138 valence electrons. The van der Waals surface area contributed by atoms with Crippen LogP contribution < -0.4 is 10.2 Å². The van der Waals surface area contributed by atoms with E-state index in [4.69, 9.17) is 9.47 Å². The van der Waals surface area contributed by atoms with Crippen LogP contribution in [-0.4, -0.2) is 31.9 Å². The van der Waals surface area contributed by atoms with Crippen LogP contribution in [0.25, 0.3) is 0 Å². The van der Waals surface area contributed by atoms with Crippen molar-refractivity contribution >= 4 is 12.1 Å². The predicted molar refractivity (Wildman–Crippen MR) is 99.8 cm³/mol. The summed E-state index contributed by atoms with van der Waals surface area (Å²) in [7, 11) is 1.63. The first-order valence-corrected chi connectivity index (χ1v) is 9.07. The van der Waals surface area contributed by atoms with Gasteiger partial charge in [0.1, 0.15) is 12.4 Å². The molecule has 0 saturated heterocycles. The zero-order valence-corrected chi connectivity index (χ0v) is 15.7. The summed E-state index contributed by atoms with van der Waals surface area (Å²) in [5.41, 5.74) is 3.42. The monoisotopic (exact) mass is 346 g/mol. The summed E-state index contributed by atoms with van der Waals surface area (Å²) in [5.74, 6) is 2.35. The van der Waals surface area contributed by atoms with Gasteiger partial charge in [-0.05, 0) is 60.4 Å². The standard InChI is InChI=1S/C20H30N2O3/c1-14(2)18-10-5-15(3)11-19(18)25-13-20(23)22-21-12-16-6-8-17(24-4)9-7-16/h6-9,12,14-15,18-19H,5,10-11,13H2,1-4H3,(H,22,23)/t15-,18+,19+/m1/s1. The summed E-state index contributed by atoms with van der Waals surface area (Å²) in [6.45, 7) is 6.78. The van der Waals surface area contributed by atoms with E-state index in [1.165, 1.54) is 12.8 Å². The van der Waals surface area contributed by atoms with Gasteiger partial charge in [0.15, 0.2) is 0 Å². The maximum atomic E-state index is 12.0. The third-order valence-electron chi connectivity index (χ3n) is 4.91. The van der Waals surface area contributed by atoms with E-state index >= 15 is 0 Å². The van der Waals surface area contributed by atoms with Crippen molar-refractivity contribution in [1.29, 1.82) is 0 Å². The molecule has 5 heteroatoms. The minimum absolute atomic E-state index is 0.0561. The van der Waals surface area contributed by atoms with E-state index in [1.54, 1.807) is 13.3 Å². The molecule has 1 aliphatic carbocycles. The summed E-state index contributed by atoms with van der Waals surface area (Å²) in [6.07, 6.45) is 5.24. The second kappa shape index (κ2) is 9.56. The molecule has 3 atom stereocenters. The maximum absolute atomic E-state index is 12.0. The van der Waals surface area contributed by atoms with Crippen LogP contribution in [0.15, 0.2) is 29.4 Å². The second-order valence-corrected chi connectivity index (χ2v) is 7.24. The summed E-state index contributed by atoms with van der Waals surface area (Å²) in [4.78, 5) is 12.0. The van der Waals surface area contributed by atoms with Crippen LogP contribution >= 0.6 is 0 Å². The number of hydrogen-bond acceptors (Lipinski definition) is 4. The molecule has 0 bridgehead atoms. The van der Waals surface area contributed by atoms with E-state index in [9.17, 15) is 4.79 Å². The minimum Gasteiger partial charge on any atom is -0.497 e. The minimum atomic E-state index is -0.217. The van der Waals surface area contributed by atoms with Crippen LogP contribution in [-0.2, 0) is 9.53 Å². The van der Waals surface area contributed by atoms with Crippen LogP contribution in [0.5, 0.6) is 5.75 Å². The van der Waals surface area contributed by atoms with Crippen LogP contribution in [0.4, 0.5) is 0 Å². The molecule has 0 aromatic heterocycles. The van der Waals surface area contributed by atoms with Crippen LogP contribution in [0.2, 0.25) is 0 Å². The second-order valence-electron chi connectivity index (χ2n) is 7.24. The number of carbonyl (C=O) groups excluding carboxylic acids is 1. The number of hydrogen-bond donors (Lipinski definition) is 1. The Hall–Kier alpha value is -1.88. The van der Waals surface area contributed by atoms with Gasteiger partial charge in [0.2, 0.25) is 0 Å². The number of carbonyl (C=O) groups is 1. The average molecular weight is 346 g/mol. The van der Waals surface area contributed by atoms with Gasteiger partial charge in [-0.2, -0.15) is 5.10 Å². The molecule has 1 aromatic rings. The quantitative estimate of drug-likeness (QED) is 0.606. The Morgan fingerprint density at radius 2 is 2.04 bits per heavy atom. The van der Waals surface area contributed by atoms with E-state index in [0.29, 0.717) is 17.8 Å². The number of rotatable bonds is 7. The highest BCUT2D eigenvalue weighted by molar-refractivity contribution is 5.82. The lowest BCUT2D eigenvalue weighted by molar-refractivity contribution is -0.131. The first-order valence-electron chi connectivity index (χ1n) is 9.07. The van der Waals surface area contributed by atoms with Gasteiger partial charge in [0, 0.05) is 0 Å². The largest absolute Gasteiger partial charge is 0.497 e. The molecule has 0 spiro atoms. The molecule has 0 aliphatic heterocycles. The van der Waals surface area contributed by atoms with Crippen molar-refractivity contribution in [3.63, 3.8) is 0 Å². The lowest BCUT2D eigenvalue weighted by Gasteiger charge is -2.36. The Bertz CT molecular complexity index is 569. The maximum Gasteiger partial charge on any atom is 0.266 e. The lowest BCUT2D eigenvalue weighted by Crippen LogP contribution is -2.36.